The summed E-state index contributed by atoms with van der Waals surface area (Å²) in [4.78, 5) is 26.9. The molecular weight excluding hydrogens is 291 g/mol. The molecule has 1 amide bonds. The molecule has 1 aromatic carbocycles. The van der Waals surface area contributed by atoms with Gasteiger partial charge in [-0.05, 0) is 17.7 Å². The molecule has 2 rings (SSSR count). The number of ether oxygens (including phenoxy) is 2. The fourth-order valence-corrected chi connectivity index (χ4v) is 2.45. The van der Waals surface area contributed by atoms with Crippen molar-refractivity contribution in [1.82, 2.24) is 9.80 Å². The van der Waals surface area contributed by atoms with Crippen LogP contribution >= 0.6 is 0 Å². The van der Waals surface area contributed by atoms with Crippen LogP contribution in [0.2, 0.25) is 0 Å². The predicted octanol–water partition coefficient (Wildman–Crippen LogP) is 1.50. The third kappa shape index (κ3) is 3.73. The number of carbonyl (C=O) groups excluding carboxylic acids is 2. The van der Waals surface area contributed by atoms with Gasteiger partial charge in [-0.3, -0.25) is 4.90 Å². The number of rotatable bonds is 3. The number of piperazine rings is 1. The van der Waals surface area contributed by atoms with Crippen LogP contribution in [0.15, 0.2) is 18.2 Å². The van der Waals surface area contributed by atoms with Gasteiger partial charge in [-0.25, -0.2) is 14.0 Å². The molecule has 0 spiro atoms. The van der Waals surface area contributed by atoms with E-state index < -0.39 is 11.8 Å². The molecule has 22 heavy (non-hydrogen) atoms. The van der Waals surface area contributed by atoms with Gasteiger partial charge in [-0.2, -0.15) is 0 Å². The van der Waals surface area contributed by atoms with Gasteiger partial charge in [-0.15, -0.1) is 0 Å². The molecule has 1 heterocycles. The molecule has 1 aromatic rings. The lowest BCUT2D eigenvalue weighted by Gasteiger charge is -2.34. The molecule has 0 unspecified atom stereocenters. The Morgan fingerprint density at radius 1 is 1.14 bits per heavy atom. The minimum atomic E-state index is -0.553. The quantitative estimate of drug-likeness (QED) is 0.792. The third-order valence-corrected chi connectivity index (χ3v) is 3.68. The Morgan fingerprint density at radius 2 is 1.82 bits per heavy atom. The summed E-state index contributed by atoms with van der Waals surface area (Å²) in [5, 5.41) is 0. The summed E-state index contributed by atoms with van der Waals surface area (Å²) in [5.41, 5.74) is 0.942. The molecule has 0 N–H and O–H groups in total. The van der Waals surface area contributed by atoms with Crippen molar-refractivity contribution < 1.29 is 23.5 Å². The van der Waals surface area contributed by atoms with Gasteiger partial charge in [-0.1, -0.05) is 6.07 Å². The van der Waals surface area contributed by atoms with Gasteiger partial charge in [0.1, 0.15) is 5.82 Å². The van der Waals surface area contributed by atoms with Crippen molar-refractivity contribution >= 4 is 12.1 Å². The van der Waals surface area contributed by atoms with Crippen LogP contribution in [-0.4, -0.2) is 62.3 Å². The molecule has 1 aliphatic rings. The van der Waals surface area contributed by atoms with Crippen molar-refractivity contribution in [1.29, 1.82) is 0 Å². The van der Waals surface area contributed by atoms with E-state index >= 15 is 0 Å². The minimum absolute atomic E-state index is 0.234. The second-order valence-corrected chi connectivity index (χ2v) is 5.03. The molecule has 6 nitrogen and oxygen atoms in total. The zero-order chi connectivity index (χ0) is 16.1. The van der Waals surface area contributed by atoms with Gasteiger partial charge < -0.3 is 14.4 Å². The number of hydrogen-bond acceptors (Lipinski definition) is 5. The fourth-order valence-electron chi connectivity index (χ4n) is 2.45. The lowest BCUT2D eigenvalue weighted by Crippen LogP contribution is -2.48. The van der Waals surface area contributed by atoms with Gasteiger partial charge in [0.15, 0.2) is 0 Å². The van der Waals surface area contributed by atoms with E-state index in [9.17, 15) is 14.0 Å². The highest BCUT2D eigenvalue weighted by molar-refractivity contribution is 5.91. The van der Waals surface area contributed by atoms with Crippen LogP contribution in [0.5, 0.6) is 0 Å². The van der Waals surface area contributed by atoms with E-state index in [2.05, 4.69) is 9.64 Å². The van der Waals surface area contributed by atoms with Gasteiger partial charge in [0, 0.05) is 32.7 Å². The maximum atomic E-state index is 13.3. The van der Waals surface area contributed by atoms with Crippen molar-refractivity contribution in [2.75, 3.05) is 40.4 Å². The smallest absolute Gasteiger partial charge is 0.409 e. The van der Waals surface area contributed by atoms with E-state index in [1.165, 1.54) is 26.4 Å². The van der Waals surface area contributed by atoms with Gasteiger partial charge in [0.25, 0.3) is 0 Å². The molecule has 1 saturated heterocycles. The highest BCUT2D eigenvalue weighted by Crippen LogP contribution is 2.16. The van der Waals surface area contributed by atoms with Crippen molar-refractivity contribution in [2.24, 2.45) is 0 Å². The second-order valence-electron chi connectivity index (χ2n) is 5.03. The van der Waals surface area contributed by atoms with Crippen molar-refractivity contribution in [3.8, 4) is 0 Å². The standard InChI is InChI=1S/C15H19FN2O4/c1-21-14(19)13-9-12(16)4-3-11(13)10-17-5-7-18(8-6-17)15(20)22-2/h3-4,9H,5-8,10H2,1-2H3. The van der Waals surface area contributed by atoms with Crippen molar-refractivity contribution in [2.45, 2.75) is 6.54 Å². The highest BCUT2D eigenvalue weighted by atomic mass is 19.1. The largest absolute Gasteiger partial charge is 0.465 e. The third-order valence-electron chi connectivity index (χ3n) is 3.68. The van der Waals surface area contributed by atoms with Gasteiger partial charge in [0.05, 0.1) is 19.8 Å². The minimum Gasteiger partial charge on any atom is -0.465 e. The summed E-state index contributed by atoms with van der Waals surface area (Å²) < 4.78 is 22.7. The zero-order valence-electron chi connectivity index (χ0n) is 12.7. The van der Waals surface area contributed by atoms with E-state index in [1.54, 1.807) is 11.0 Å². The van der Waals surface area contributed by atoms with Crippen LogP contribution in [0, 0.1) is 5.82 Å². The van der Waals surface area contributed by atoms with Crippen LogP contribution in [0.3, 0.4) is 0 Å². The first-order valence-electron chi connectivity index (χ1n) is 6.97. The number of methoxy groups -OCH3 is 2. The van der Waals surface area contributed by atoms with Crippen LogP contribution in [0.25, 0.3) is 0 Å². The first-order valence-corrected chi connectivity index (χ1v) is 6.97. The molecule has 1 fully saturated rings. The Morgan fingerprint density at radius 3 is 2.41 bits per heavy atom. The molecule has 7 heteroatoms. The molecule has 0 radical (unpaired) electrons. The molecule has 1 aliphatic heterocycles. The summed E-state index contributed by atoms with van der Waals surface area (Å²) in [5.74, 6) is -1.03. The topological polar surface area (TPSA) is 59.1 Å². The second kappa shape index (κ2) is 7.22. The molecule has 0 saturated carbocycles. The molecule has 0 aromatic heterocycles. The van der Waals surface area contributed by atoms with Gasteiger partial charge >= 0.3 is 12.1 Å². The average molecular weight is 310 g/mol. The Kier molecular flexibility index (Phi) is 5.32. The fraction of sp³-hybridized carbons (Fsp3) is 0.467. The van der Waals surface area contributed by atoms with Crippen molar-refractivity contribution in [3.63, 3.8) is 0 Å². The highest BCUT2D eigenvalue weighted by Gasteiger charge is 2.23. The summed E-state index contributed by atoms with van der Waals surface area (Å²) in [7, 11) is 2.63. The number of halogens is 1. The SMILES string of the molecule is COC(=O)c1cc(F)ccc1CN1CCN(C(=O)OC)CC1. The maximum absolute atomic E-state index is 13.3. The number of benzene rings is 1. The molecule has 0 atom stereocenters. The first kappa shape index (κ1) is 16.2. The predicted molar refractivity (Wildman–Crippen MR) is 77.0 cm³/mol. The number of nitrogens with zero attached hydrogens (tertiary/aromatic N) is 2. The normalized spacial score (nSPS) is 15.5. The molecular formula is C15H19FN2O4. The van der Waals surface area contributed by atoms with E-state index in [4.69, 9.17) is 4.74 Å². The van der Waals surface area contributed by atoms with E-state index in [0.717, 1.165) is 0 Å². The van der Waals surface area contributed by atoms with Crippen molar-refractivity contribution in [3.05, 3.63) is 35.1 Å². The summed E-state index contributed by atoms with van der Waals surface area (Å²) in [6, 6.07) is 4.10. The number of amides is 1. The molecule has 0 aliphatic carbocycles. The number of hydrogen-bond donors (Lipinski definition) is 0. The summed E-state index contributed by atoms with van der Waals surface area (Å²) >= 11 is 0. The zero-order valence-corrected chi connectivity index (χ0v) is 12.7. The lowest BCUT2D eigenvalue weighted by atomic mass is 10.1. The Balaban J connectivity index is 2.03. The molecule has 120 valence electrons. The van der Waals surface area contributed by atoms with Crippen LogP contribution in [0.1, 0.15) is 15.9 Å². The summed E-state index contributed by atoms with van der Waals surface area (Å²) in [6.45, 7) is 2.93. The van der Waals surface area contributed by atoms with Crippen LogP contribution < -0.4 is 0 Å². The van der Waals surface area contributed by atoms with Crippen LogP contribution in [0.4, 0.5) is 9.18 Å². The Bertz CT molecular complexity index is 556. The van der Waals surface area contributed by atoms with E-state index in [1.807, 2.05) is 0 Å². The molecule has 0 bridgehead atoms. The van der Waals surface area contributed by atoms with E-state index in [-0.39, 0.29) is 11.7 Å². The van der Waals surface area contributed by atoms with Crippen LogP contribution in [-0.2, 0) is 16.0 Å². The first-order chi connectivity index (χ1) is 10.5. The number of carbonyl (C=O) groups is 2. The monoisotopic (exact) mass is 310 g/mol. The lowest BCUT2D eigenvalue weighted by molar-refractivity contribution is 0.0596. The average Bonchev–Trinajstić information content (AvgIpc) is 2.55. The maximum Gasteiger partial charge on any atom is 0.409 e. The summed E-state index contributed by atoms with van der Waals surface area (Å²) in [6.07, 6.45) is -0.336. The Hall–Kier alpha value is -2.15. The van der Waals surface area contributed by atoms with E-state index in [0.29, 0.717) is 38.3 Å². The van der Waals surface area contributed by atoms with Gasteiger partial charge in [0.2, 0.25) is 0 Å². The Labute approximate surface area is 128 Å². The number of esters is 1.